The number of piperazine rings is 1. The van der Waals surface area contributed by atoms with Gasteiger partial charge in [0.15, 0.2) is 5.82 Å². The summed E-state index contributed by atoms with van der Waals surface area (Å²) in [5.74, 6) is 2.07. The van der Waals surface area contributed by atoms with Gasteiger partial charge < -0.3 is 14.6 Å². The summed E-state index contributed by atoms with van der Waals surface area (Å²) in [5.41, 5.74) is 0.991. The first-order chi connectivity index (χ1) is 11.3. The van der Waals surface area contributed by atoms with Crippen LogP contribution in [0, 0.1) is 0 Å². The van der Waals surface area contributed by atoms with Gasteiger partial charge >= 0.3 is 0 Å². The van der Waals surface area contributed by atoms with Gasteiger partial charge in [-0.05, 0) is 26.1 Å². The highest BCUT2D eigenvalue weighted by molar-refractivity contribution is 5.69. The molecule has 6 nitrogen and oxygen atoms in total. The zero-order valence-electron chi connectivity index (χ0n) is 13.5. The highest BCUT2D eigenvalue weighted by Crippen LogP contribution is 2.21. The lowest BCUT2D eigenvalue weighted by molar-refractivity contribution is 0.190. The SMILES string of the molecule is CCOc1ccccc1/C=C/c1nc(C2CNCCN2C)no1. The molecule has 0 aliphatic carbocycles. The second-order valence-corrected chi connectivity index (χ2v) is 5.50. The van der Waals surface area contributed by atoms with Crippen molar-refractivity contribution in [3.63, 3.8) is 0 Å². The number of ether oxygens (including phenoxy) is 1. The largest absolute Gasteiger partial charge is 0.493 e. The number of hydrogen-bond acceptors (Lipinski definition) is 6. The van der Waals surface area contributed by atoms with Gasteiger partial charge in [-0.2, -0.15) is 4.98 Å². The Morgan fingerprint density at radius 2 is 2.26 bits per heavy atom. The minimum absolute atomic E-state index is 0.158. The van der Waals surface area contributed by atoms with Gasteiger partial charge in [-0.3, -0.25) is 4.90 Å². The molecule has 6 heteroatoms. The van der Waals surface area contributed by atoms with Crippen molar-refractivity contribution in [1.82, 2.24) is 20.4 Å². The fourth-order valence-corrected chi connectivity index (χ4v) is 2.61. The average Bonchev–Trinajstić information content (AvgIpc) is 3.03. The molecule has 1 aromatic carbocycles. The molecule has 1 unspecified atom stereocenters. The molecule has 1 saturated heterocycles. The van der Waals surface area contributed by atoms with Gasteiger partial charge in [0.1, 0.15) is 5.75 Å². The number of para-hydroxylation sites is 1. The van der Waals surface area contributed by atoms with Gasteiger partial charge in [-0.25, -0.2) is 0 Å². The van der Waals surface area contributed by atoms with Crippen molar-refractivity contribution in [2.45, 2.75) is 13.0 Å². The zero-order chi connectivity index (χ0) is 16.1. The quantitative estimate of drug-likeness (QED) is 0.913. The first kappa shape index (κ1) is 15.7. The second kappa shape index (κ2) is 7.39. The van der Waals surface area contributed by atoms with E-state index < -0.39 is 0 Å². The van der Waals surface area contributed by atoms with E-state index in [-0.39, 0.29) is 6.04 Å². The van der Waals surface area contributed by atoms with Crippen LogP contribution >= 0.6 is 0 Å². The first-order valence-electron chi connectivity index (χ1n) is 7.92. The Morgan fingerprint density at radius 3 is 3.09 bits per heavy atom. The predicted octanol–water partition coefficient (Wildman–Crippen LogP) is 2.21. The first-order valence-corrected chi connectivity index (χ1v) is 7.92. The number of rotatable bonds is 5. The lowest BCUT2D eigenvalue weighted by Gasteiger charge is -2.30. The van der Waals surface area contributed by atoms with Gasteiger partial charge in [0.05, 0.1) is 12.6 Å². The van der Waals surface area contributed by atoms with Gasteiger partial charge in [0, 0.05) is 31.3 Å². The Morgan fingerprint density at radius 1 is 1.39 bits per heavy atom. The third-order valence-corrected chi connectivity index (χ3v) is 3.89. The molecule has 0 saturated carbocycles. The maximum absolute atomic E-state index is 5.61. The molecule has 1 atom stereocenters. The number of likely N-dealkylation sites (N-methyl/N-ethyl adjacent to an activating group) is 1. The van der Waals surface area contributed by atoms with E-state index in [0.29, 0.717) is 12.5 Å². The molecule has 1 N–H and O–H groups in total. The molecule has 0 radical (unpaired) electrons. The van der Waals surface area contributed by atoms with Gasteiger partial charge in [-0.1, -0.05) is 23.4 Å². The Balaban J connectivity index is 1.74. The number of nitrogens with one attached hydrogen (secondary N) is 1. The number of benzene rings is 1. The topological polar surface area (TPSA) is 63.4 Å². The number of hydrogen-bond donors (Lipinski definition) is 1. The smallest absolute Gasteiger partial charge is 0.250 e. The lowest BCUT2D eigenvalue weighted by atomic mass is 10.2. The maximum atomic E-state index is 5.61. The Hall–Kier alpha value is -2.18. The lowest BCUT2D eigenvalue weighted by Crippen LogP contribution is -2.44. The van der Waals surface area contributed by atoms with Crippen LogP contribution in [-0.2, 0) is 0 Å². The van der Waals surface area contributed by atoms with Crippen molar-refractivity contribution in [2.24, 2.45) is 0 Å². The van der Waals surface area contributed by atoms with Crippen LogP contribution in [0.4, 0.5) is 0 Å². The molecule has 1 fully saturated rings. The molecule has 1 aliphatic heterocycles. The number of aromatic nitrogens is 2. The summed E-state index contributed by atoms with van der Waals surface area (Å²) in [6.07, 6.45) is 3.76. The normalized spacial score (nSPS) is 19.3. The van der Waals surface area contributed by atoms with Crippen molar-refractivity contribution in [1.29, 1.82) is 0 Å². The van der Waals surface area contributed by atoms with Crippen LogP contribution in [0.1, 0.15) is 30.2 Å². The maximum Gasteiger partial charge on any atom is 0.250 e. The summed E-state index contributed by atoms with van der Waals surface area (Å²) in [4.78, 5) is 6.72. The van der Waals surface area contributed by atoms with Gasteiger partial charge in [0.2, 0.25) is 0 Å². The van der Waals surface area contributed by atoms with Crippen LogP contribution in [0.5, 0.6) is 5.75 Å². The minimum Gasteiger partial charge on any atom is -0.493 e. The monoisotopic (exact) mass is 314 g/mol. The van der Waals surface area contributed by atoms with Crippen LogP contribution in [0.3, 0.4) is 0 Å². The average molecular weight is 314 g/mol. The fourth-order valence-electron chi connectivity index (χ4n) is 2.61. The van der Waals surface area contributed by atoms with Crippen LogP contribution in [-0.4, -0.2) is 48.3 Å². The zero-order valence-corrected chi connectivity index (χ0v) is 13.5. The van der Waals surface area contributed by atoms with Crippen molar-refractivity contribution in [3.05, 3.63) is 41.5 Å². The molecule has 1 aromatic heterocycles. The molecule has 2 heterocycles. The molecule has 0 bridgehead atoms. The number of nitrogens with zero attached hydrogens (tertiary/aromatic N) is 3. The summed E-state index contributed by atoms with van der Waals surface area (Å²) in [5, 5.41) is 7.47. The Bertz CT molecular complexity index is 668. The van der Waals surface area contributed by atoms with E-state index in [2.05, 4.69) is 27.4 Å². The van der Waals surface area contributed by atoms with Crippen molar-refractivity contribution < 1.29 is 9.26 Å². The van der Waals surface area contributed by atoms with E-state index in [0.717, 1.165) is 36.8 Å². The van der Waals surface area contributed by atoms with E-state index in [1.165, 1.54) is 0 Å². The molecule has 0 amide bonds. The van der Waals surface area contributed by atoms with Crippen molar-refractivity contribution >= 4 is 12.2 Å². The molecule has 1 aliphatic rings. The standard InChI is InChI=1S/C17H22N4O2/c1-3-22-15-7-5-4-6-13(15)8-9-16-19-17(20-23-16)14-12-18-10-11-21(14)2/h4-9,14,18H,3,10-12H2,1-2H3/b9-8+. The van der Waals surface area contributed by atoms with E-state index in [4.69, 9.17) is 9.26 Å². The molecule has 0 spiro atoms. The van der Waals surface area contributed by atoms with Crippen molar-refractivity contribution in [2.75, 3.05) is 33.3 Å². The molecule has 23 heavy (non-hydrogen) atoms. The summed E-state index contributed by atoms with van der Waals surface area (Å²) in [7, 11) is 2.08. The van der Waals surface area contributed by atoms with Crippen molar-refractivity contribution in [3.8, 4) is 5.75 Å². The molecular formula is C17H22N4O2. The van der Waals surface area contributed by atoms with E-state index >= 15 is 0 Å². The van der Waals surface area contributed by atoms with E-state index in [1.54, 1.807) is 0 Å². The Labute approximate surface area is 136 Å². The van der Waals surface area contributed by atoms with Crippen LogP contribution < -0.4 is 10.1 Å². The molecule has 2 aromatic rings. The molecular weight excluding hydrogens is 292 g/mol. The molecule has 122 valence electrons. The third kappa shape index (κ3) is 3.78. The summed E-state index contributed by atoms with van der Waals surface area (Å²) in [6, 6.07) is 8.04. The van der Waals surface area contributed by atoms with Crippen LogP contribution in [0.2, 0.25) is 0 Å². The predicted molar refractivity (Wildman–Crippen MR) is 89.1 cm³/mol. The molecule has 3 rings (SSSR count). The second-order valence-electron chi connectivity index (χ2n) is 5.50. The summed E-state index contributed by atoms with van der Waals surface area (Å²) in [6.45, 7) is 5.42. The highest BCUT2D eigenvalue weighted by Gasteiger charge is 2.24. The van der Waals surface area contributed by atoms with E-state index in [1.807, 2.05) is 43.3 Å². The van der Waals surface area contributed by atoms with Crippen LogP contribution in [0.25, 0.3) is 12.2 Å². The third-order valence-electron chi connectivity index (χ3n) is 3.89. The van der Waals surface area contributed by atoms with Crippen LogP contribution in [0.15, 0.2) is 28.8 Å². The summed E-state index contributed by atoms with van der Waals surface area (Å²) >= 11 is 0. The highest BCUT2D eigenvalue weighted by atomic mass is 16.5. The Kier molecular flexibility index (Phi) is 5.05. The summed E-state index contributed by atoms with van der Waals surface area (Å²) < 4.78 is 11.0. The van der Waals surface area contributed by atoms with E-state index in [9.17, 15) is 0 Å². The van der Waals surface area contributed by atoms with Gasteiger partial charge in [-0.15, -0.1) is 0 Å². The van der Waals surface area contributed by atoms with Gasteiger partial charge in [0.25, 0.3) is 5.89 Å². The minimum atomic E-state index is 0.158. The fraction of sp³-hybridized carbons (Fsp3) is 0.412.